The summed E-state index contributed by atoms with van der Waals surface area (Å²) in [5.74, 6) is 0.417. The van der Waals surface area contributed by atoms with Gasteiger partial charge in [0.1, 0.15) is 0 Å². The molecule has 0 aliphatic rings. The third kappa shape index (κ3) is 5.91. The molecule has 1 atom stereocenters. The van der Waals surface area contributed by atoms with E-state index in [2.05, 4.69) is 38.2 Å². The average Bonchev–Trinajstić information content (AvgIpc) is 2.39. The Morgan fingerprint density at radius 3 is 2.21 bits per heavy atom. The van der Waals surface area contributed by atoms with E-state index in [1.165, 1.54) is 5.56 Å². The molecule has 0 radical (unpaired) electrons. The summed E-state index contributed by atoms with van der Waals surface area (Å²) >= 11 is 0. The van der Waals surface area contributed by atoms with Crippen LogP contribution in [0.2, 0.25) is 0 Å². The highest BCUT2D eigenvalue weighted by atomic mass is 16.1. The summed E-state index contributed by atoms with van der Waals surface area (Å²) in [4.78, 5) is 12.2. The van der Waals surface area contributed by atoms with Crippen LogP contribution in [0.15, 0.2) is 30.3 Å². The molecular formula is C17H27NO. The van der Waals surface area contributed by atoms with Crippen molar-refractivity contribution in [2.75, 3.05) is 0 Å². The molecule has 0 saturated carbocycles. The fraction of sp³-hybridized carbons (Fsp3) is 0.588. The first-order valence-electron chi connectivity index (χ1n) is 7.51. The Balaban J connectivity index is 2.45. The van der Waals surface area contributed by atoms with Gasteiger partial charge < -0.3 is 5.32 Å². The molecule has 106 valence electrons. The second-order valence-electron chi connectivity index (χ2n) is 5.37. The number of benzene rings is 1. The zero-order valence-corrected chi connectivity index (χ0v) is 12.5. The predicted molar refractivity (Wildman–Crippen MR) is 81.1 cm³/mol. The van der Waals surface area contributed by atoms with Crippen LogP contribution in [0, 0.1) is 5.92 Å². The molecule has 0 aliphatic heterocycles. The van der Waals surface area contributed by atoms with E-state index in [9.17, 15) is 4.79 Å². The van der Waals surface area contributed by atoms with Crippen LogP contribution in [0.5, 0.6) is 0 Å². The van der Waals surface area contributed by atoms with Gasteiger partial charge in [-0.1, -0.05) is 57.0 Å². The minimum atomic E-state index is 0.188. The zero-order chi connectivity index (χ0) is 14.1. The summed E-state index contributed by atoms with van der Waals surface area (Å²) in [6.45, 7) is 6.37. The number of hydrogen-bond donors (Lipinski definition) is 1. The molecule has 1 unspecified atom stereocenters. The van der Waals surface area contributed by atoms with Gasteiger partial charge >= 0.3 is 0 Å². The number of amides is 1. The van der Waals surface area contributed by atoms with Crippen LogP contribution in [0.1, 0.15) is 52.0 Å². The smallest absolute Gasteiger partial charge is 0.223 e. The zero-order valence-electron chi connectivity index (χ0n) is 12.5. The van der Waals surface area contributed by atoms with Crippen LogP contribution in [0.3, 0.4) is 0 Å². The maximum absolute atomic E-state index is 12.2. The van der Waals surface area contributed by atoms with Crippen LogP contribution in [-0.4, -0.2) is 11.9 Å². The second-order valence-corrected chi connectivity index (χ2v) is 5.37. The Bertz CT molecular complexity index is 355. The van der Waals surface area contributed by atoms with E-state index in [1.807, 2.05) is 18.2 Å². The van der Waals surface area contributed by atoms with Gasteiger partial charge in [0, 0.05) is 12.0 Å². The van der Waals surface area contributed by atoms with Crippen molar-refractivity contribution in [3.05, 3.63) is 35.9 Å². The fourth-order valence-electron chi connectivity index (χ4n) is 2.48. The van der Waals surface area contributed by atoms with Crippen molar-refractivity contribution >= 4 is 5.91 Å². The molecule has 2 heteroatoms. The van der Waals surface area contributed by atoms with Crippen molar-refractivity contribution in [1.82, 2.24) is 5.32 Å². The first-order valence-corrected chi connectivity index (χ1v) is 7.51. The SMILES string of the molecule is CCCC(CCC)C(=O)NC(C)Cc1ccccc1. The molecule has 2 nitrogen and oxygen atoms in total. The molecule has 1 rings (SSSR count). The lowest BCUT2D eigenvalue weighted by molar-refractivity contribution is -0.126. The highest BCUT2D eigenvalue weighted by Crippen LogP contribution is 2.14. The summed E-state index contributed by atoms with van der Waals surface area (Å²) in [5.41, 5.74) is 1.28. The molecule has 0 fully saturated rings. The van der Waals surface area contributed by atoms with Crippen molar-refractivity contribution in [3.63, 3.8) is 0 Å². The highest BCUT2D eigenvalue weighted by molar-refractivity contribution is 5.78. The van der Waals surface area contributed by atoms with E-state index < -0.39 is 0 Å². The second kappa shape index (κ2) is 8.73. The number of rotatable bonds is 8. The number of nitrogens with one attached hydrogen (secondary N) is 1. The van der Waals surface area contributed by atoms with Crippen LogP contribution in [-0.2, 0) is 11.2 Å². The van der Waals surface area contributed by atoms with Crippen molar-refractivity contribution in [2.24, 2.45) is 5.92 Å². The minimum Gasteiger partial charge on any atom is -0.353 e. The van der Waals surface area contributed by atoms with Gasteiger partial charge in [0.15, 0.2) is 0 Å². The Morgan fingerprint density at radius 1 is 1.11 bits per heavy atom. The first-order chi connectivity index (χ1) is 9.17. The molecule has 0 spiro atoms. The Labute approximate surface area is 117 Å². The van der Waals surface area contributed by atoms with E-state index >= 15 is 0 Å². The number of carbonyl (C=O) groups is 1. The van der Waals surface area contributed by atoms with Gasteiger partial charge in [-0.25, -0.2) is 0 Å². The lowest BCUT2D eigenvalue weighted by Crippen LogP contribution is -2.38. The Kier molecular flexibility index (Phi) is 7.24. The summed E-state index contributed by atoms with van der Waals surface area (Å²) < 4.78 is 0. The topological polar surface area (TPSA) is 29.1 Å². The molecule has 1 amide bonds. The molecule has 1 aromatic carbocycles. The van der Waals surface area contributed by atoms with Crippen LogP contribution in [0.4, 0.5) is 0 Å². The number of carbonyl (C=O) groups excluding carboxylic acids is 1. The molecular weight excluding hydrogens is 234 g/mol. The Morgan fingerprint density at radius 2 is 1.68 bits per heavy atom. The van der Waals surface area contributed by atoms with Gasteiger partial charge in [-0.3, -0.25) is 4.79 Å². The van der Waals surface area contributed by atoms with E-state index in [4.69, 9.17) is 0 Å². The van der Waals surface area contributed by atoms with Crippen molar-refractivity contribution < 1.29 is 4.79 Å². The quantitative estimate of drug-likeness (QED) is 0.754. The van der Waals surface area contributed by atoms with Crippen LogP contribution >= 0.6 is 0 Å². The molecule has 0 aliphatic carbocycles. The number of hydrogen-bond acceptors (Lipinski definition) is 1. The summed E-state index contributed by atoms with van der Waals surface area (Å²) in [6.07, 6.45) is 5.04. The van der Waals surface area contributed by atoms with Crippen LogP contribution < -0.4 is 5.32 Å². The van der Waals surface area contributed by atoms with Gasteiger partial charge in [-0.05, 0) is 31.7 Å². The molecule has 1 N–H and O–H groups in total. The van der Waals surface area contributed by atoms with Crippen molar-refractivity contribution in [1.29, 1.82) is 0 Å². The predicted octanol–water partition coefficient (Wildman–Crippen LogP) is 3.95. The minimum absolute atomic E-state index is 0.188. The summed E-state index contributed by atoms with van der Waals surface area (Å²) in [5, 5.41) is 3.16. The van der Waals surface area contributed by atoms with E-state index in [0.717, 1.165) is 32.1 Å². The standard InChI is InChI=1S/C17H27NO/c1-4-9-16(10-5-2)17(19)18-14(3)13-15-11-7-6-8-12-15/h6-8,11-12,14,16H,4-5,9-10,13H2,1-3H3,(H,18,19). The van der Waals surface area contributed by atoms with Gasteiger partial charge in [0.2, 0.25) is 5.91 Å². The molecule has 0 saturated heterocycles. The first kappa shape index (κ1) is 15.7. The lowest BCUT2D eigenvalue weighted by Gasteiger charge is -2.19. The highest BCUT2D eigenvalue weighted by Gasteiger charge is 2.18. The van der Waals surface area contributed by atoms with E-state index in [1.54, 1.807) is 0 Å². The maximum atomic E-state index is 12.2. The largest absolute Gasteiger partial charge is 0.353 e. The fourth-order valence-corrected chi connectivity index (χ4v) is 2.48. The maximum Gasteiger partial charge on any atom is 0.223 e. The third-order valence-electron chi connectivity index (χ3n) is 3.42. The average molecular weight is 261 g/mol. The van der Waals surface area contributed by atoms with Crippen molar-refractivity contribution in [3.8, 4) is 0 Å². The molecule has 0 bridgehead atoms. The van der Waals surface area contributed by atoms with Crippen LogP contribution in [0.25, 0.3) is 0 Å². The van der Waals surface area contributed by atoms with Crippen molar-refractivity contribution in [2.45, 2.75) is 58.9 Å². The third-order valence-corrected chi connectivity index (χ3v) is 3.42. The molecule has 1 aromatic rings. The normalized spacial score (nSPS) is 12.4. The van der Waals surface area contributed by atoms with Gasteiger partial charge in [-0.15, -0.1) is 0 Å². The van der Waals surface area contributed by atoms with Gasteiger partial charge in [0.05, 0.1) is 0 Å². The Hall–Kier alpha value is -1.31. The molecule has 0 aromatic heterocycles. The van der Waals surface area contributed by atoms with E-state index in [0.29, 0.717) is 0 Å². The molecule has 19 heavy (non-hydrogen) atoms. The van der Waals surface area contributed by atoms with E-state index in [-0.39, 0.29) is 17.9 Å². The summed E-state index contributed by atoms with van der Waals surface area (Å²) in [7, 11) is 0. The summed E-state index contributed by atoms with van der Waals surface area (Å²) in [6, 6.07) is 10.5. The van der Waals surface area contributed by atoms with Gasteiger partial charge in [-0.2, -0.15) is 0 Å². The van der Waals surface area contributed by atoms with Gasteiger partial charge in [0.25, 0.3) is 0 Å². The lowest BCUT2D eigenvalue weighted by atomic mass is 9.96. The molecule has 0 heterocycles. The monoisotopic (exact) mass is 261 g/mol.